The fraction of sp³-hybridized carbons (Fsp3) is 0.231. The predicted octanol–water partition coefficient (Wildman–Crippen LogP) is 3.70. The Morgan fingerprint density at radius 3 is 2.34 bits per heavy atom. The van der Waals surface area contributed by atoms with E-state index in [-0.39, 0.29) is 11.8 Å². The summed E-state index contributed by atoms with van der Waals surface area (Å²) in [6, 6.07) is 24.2. The van der Waals surface area contributed by atoms with Crippen LogP contribution in [0.1, 0.15) is 31.8 Å². The van der Waals surface area contributed by atoms with Gasteiger partial charge in [-0.25, -0.2) is 0 Å². The molecule has 1 aliphatic heterocycles. The molecular weight excluding hydrogens is 402 g/mol. The minimum Gasteiger partial charge on any atom is -0.379 e. The predicted molar refractivity (Wildman–Crippen MR) is 125 cm³/mol. The van der Waals surface area contributed by atoms with E-state index < -0.39 is 0 Å². The third kappa shape index (κ3) is 5.81. The molecular formula is C26H27N3O3. The van der Waals surface area contributed by atoms with Crippen LogP contribution in [0, 0.1) is 0 Å². The molecule has 4 rings (SSSR count). The number of amides is 2. The van der Waals surface area contributed by atoms with Crippen LogP contribution in [0.5, 0.6) is 0 Å². The number of nitrogens with zero attached hydrogens (tertiary/aromatic N) is 1. The molecule has 0 atom stereocenters. The summed E-state index contributed by atoms with van der Waals surface area (Å²) in [6.45, 7) is 4.71. The van der Waals surface area contributed by atoms with E-state index in [1.807, 2.05) is 18.2 Å². The summed E-state index contributed by atoms with van der Waals surface area (Å²) in [5, 5.41) is 5.82. The lowest BCUT2D eigenvalue weighted by atomic mass is 10.1. The maximum atomic E-state index is 12.9. The SMILES string of the molecule is O=C(Nc1ccccc1C(=O)NCc1cccc(CN2CCOCC2)c1)c1ccccc1. The fourth-order valence-corrected chi connectivity index (χ4v) is 3.71. The molecule has 6 heteroatoms. The molecule has 0 radical (unpaired) electrons. The second-order valence-corrected chi connectivity index (χ2v) is 7.76. The van der Waals surface area contributed by atoms with Crippen LogP contribution in [-0.2, 0) is 17.8 Å². The Kier molecular flexibility index (Phi) is 7.27. The number of hydrogen-bond donors (Lipinski definition) is 2. The lowest BCUT2D eigenvalue weighted by Crippen LogP contribution is -2.35. The van der Waals surface area contributed by atoms with E-state index >= 15 is 0 Å². The standard InChI is InChI=1S/C26H27N3O3/c30-25(22-9-2-1-3-10-22)28-24-12-5-4-11-23(24)26(31)27-18-20-7-6-8-21(17-20)19-29-13-15-32-16-14-29/h1-12,17H,13-16,18-19H2,(H,27,31)(H,28,30). The normalized spacial score (nSPS) is 14.0. The first-order valence-corrected chi connectivity index (χ1v) is 10.8. The minimum absolute atomic E-state index is 0.229. The number of nitrogens with one attached hydrogen (secondary N) is 2. The number of ether oxygens (including phenoxy) is 1. The van der Waals surface area contributed by atoms with Gasteiger partial charge in [-0.1, -0.05) is 54.6 Å². The largest absolute Gasteiger partial charge is 0.379 e. The molecule has 1 fully saturated rings. The monoisotopic (exact) mass is 429 g/mol. The molecule has 0 unspecified atom stereocenters. The van der Waals surface area contributed by atoms with Crippen LogP contribution < -0.4 is 10.6 Å². The molecule has 1 saturated heterocycles. The highest BCUT2D eigenvalue weighted by Gasteiger charge is 2.14. The van der Waals surface area contributed by atoms with Crippen LogP contribution in [0.25, 0.3) is 0 Å². The average molecular weight is 430 g/mol. The van der Waals surface area contributed by atoms with Crippen LogP contribution in [0.3, 0.4) is 0 Å². The summed E-state index contributed by atoms with van der Waals surface area (Å²) in [5.74, 6) is -0.478. The zero-order valence-corrected chi connectivity index (χ0v) is 17.9. The van der Waals surface area contributed by atoms with E-state index in [0.29, 0.717) is 23.4 Å². The maximum Gasteiger partial charge on any atom is 0.255 e. The molecule has 1 heterocycles. The molecule has 2 N–H and O–H groups in total. The molecule has 3 aromatic rings. The second-order valence-electron chi connectivity index (χ2n) is 7.76. The zero-order valence-electron chi connectivity index (χ0n) is 17.9. The molecule has 2 amide bonds. The van der Waals surface area contributed by atoms with Crippen molar-refractivity contribution in [2.45, 2.75) is 13.1 Å². The highest BCUT2D eigenvalue weighted by atomic mass is 16.5. The average Bonchev–Trinajstić information content (AvgIpc) is 2.84. The number of rotatable bonds is 7. The quantitative estimate of drug-likeness (QED) is 0.601. The molecule has 3 aromatic carbocycles. The van der Waals surface area contributed by atoms with Crippen molar-refractivity contribution in [2.24, 2.45) is 0 Å². The molecule has 164 valence electrons. The van der Waals surface area contributed by atoms with Gasteiger partial charge >= 0.3 is 0 Å². The Hall–Kier alpha value is -3.48. The lowest BCUT2D eigenvalue weighted by molar-refractivity contribution is 0.0342. The number of para-hydroxylation sites is 1. The van der Waals surface area contributed by atoms with E-state index in [2.05, 4.69) is 27.7 Å². The van der Waals surface area contributed by atoms with Crippen molar-refractivity contribution < 1.29 is 14.3 Å². The van der Waals surface area contributed by atoms with Gasteiger partial charge in [0, 0.05) is 31.7 Å². The zero-order chi connectivity index (χ0) is 22.2. The topological polar surface area (TPSA) is 70.7 Å². The summed E-state index contributed by atoms with van der Waals surface area (Å²) in [4.78, 5) is 27.8. The van der Waals surface area contributed by atoms with Gasteiger partial charge in [0.15, 0.2) is 0 Å². The Bertz CT molecular complexity index is 1060. The highest BCUT2D eigenvalue weighted by molar-refractivity contribution is 6.08. The molecule has 0 saturated carbocycles. The van der Waals surface area contributed by atoms with Gasteiger partial charge in [0.25, 0.3) is 11.8 Å². The lowest BCUT2D eigenvalue weighted by Gasteiger charge is -2.26. The molecule has 1 aliphatic rings. The van der Waals surface area contributed by atoms with Crippen LogP contribution in [0.2, 0.25) is 0 Å². The van der Waals surface area contributed by atoms with Crippen molar-refractivity contribution >= 4 is 17.5 Å². The number of carbonyl (C=O) groups excluding carboxylic acids is 2. The molecule has 0 bridgehead atoms. The van der Waals surface area contributed by atoms with Gasteiger partial charge in [-0.15, -0.1) is 0 Å². The smallest absolute Gasteiger partial charge is 0.255 e. The number of carbonyl (C=O) groups is 2. The van der Waals surface area contributed by atoms with Gasteiger partial charge in [-0.2, -0.15) is 0 Å². The van der Waals surface area contributed by atoms with Gasteiger partial charge in [-0.05, 0) is 35.4 Å². The first kappa shape index (κ1) is 21.7. The maximum absolute atomic E-state index is 12.9. The van der Waals surface area contributed by atoms with Crippen molar-refractivity contribution in [3.05, 3.63) is 101 Å². The first-order chi connectivity index (χ1) is 15.7. The minimum atomic E-state index is -0.248. The van der Waals surface area contributed by atoms with Crippen LogP contribution in [0.4, 0.5) is 5.69 Å². The third-order valence-electron chi connectivity index (χ3n) is 5.41. The first-order valence-electron chi connectivity index (χ1n) is 10.8. The van der Waals surface area contributed by atoms with Gasteiger partial charge in [0.1, 0.15) is 0 Å². The third-order valence-corrected chi connectivity index (χ3v) is 5.41. The molecule has 0 aromatic heterocycles. The van der Waals surface area contributed by atoms with Gasteiger partial charge in [0.05, 0.1) is 24.5 Å². The molecule has 0 spiro atoms. The van der Waals surface area contributed by atoms with E-state index in [4.69, 9.17) is 4.74 Å². The second kappa shape index (κ2) is 10.7. The van der Waals surface area contributed by atoms with Gasteiger partial charge in [-0.3, -0.25) is 14.5 Å². The fourth-order valence-electron chi connectivity index (χ4n) is 3.71. The molecule has 32 heavy (non-hydrogen) atoms. The Balaban J connectivity index is 1.38. The van der Waals surface area contributed by atoms with Crippen molar-refractivity contribution in [1.29, 1.82) is 0 Å². The van der Waals surface area contributed by atoms with Crippen LogP contribution in [-0.4, -0.2) is 43.0 Å². The van der Waals surface area contributed by atoms with Crippen LogP contribution in [0.15, 0.2) is 78.9 Å². The number of benzene rings is 3. The van der Waals surface area contributed by atoms with Crippen molar-refractivity contribution in [1.82, 2.24) is 10.2 Å². The summed E-state index contributed by atoms with van der Waals surface area (Å²) in [6.07, 6.45) is 0. The van der Waals surface area contributed by atoms with Crippen molar-refractivity contribution in [2.75, 3.05) is 31.6 Å². The summed E-state index contributed by atoms with van der Waals surface area (Å²) >= 11 is 0. The summed E-state index contributed by atoms with van der Waals surface area (Å²) in [5.41, 5.74) is 3.71. The summed E-state index contributed by atoms with van der Waals surface area (Å²) in [7, 11) is 0. The van der Waals surface area contributed by atoms with E-state index in [1.54, 1.807) is 48.5 Å². The highest BCUT2D eigenvalue weighted by Crippen LogP contribution is 2.17. The van der Waals surface area contributed by atoms with E-state index in [1.165, 1.54) is 5.56 Å². The number of anilines is 1. The molecule has 0 aliphatic carbocycles. The summed E-state index contributed by atoms with van der Waals surface area (Å²) < 4.78 is 5.41. The number of hydrogen-bond acceptors (Lipinski definition) is 4. The van der Waals surface area contributed by atoms with E-state index in [9.17, 15) is 9.59 Å². The van der Waals surface area contributed by atoms with Gasteiger partial charge < -0.3 is 15.4 Å². The Morgan fingerprint density at radius 2 is 1.53 bits per heavy atom. The van der Waals surface area contributed by atoms with Gasteiger partial charge in [0.2, 0.25) is 0 Å². The number of morpholine rings is 1. The van der Waals surface area contributed by atoms with Crippen LogP contribution >= 0.6 is 0 Å². The Morgan fingerprint density at radius 1 is 0.812 bits per heavy atom. The molecule has 6 nitrogen and oxygen atoms in total. The van der Waals surface area contributed by atoms with Crippen molar-refractivity contribution in [3.8, 4) is 0 Å². The Labute approximate surface area is 188 Å². The van der Waals surface area contributed by atoms with E-state index in [0.717, 1.165) is 38.4 Å². The van der Waals surface area contributed by atoms with Crippen molar-refractivity contribution in [3.63, 3.8) is 0 Å².